The zero-order valence-corrected chi connectivity index (χ0v) is 14.1. The van der Waals surface area contributed by atoms with Crippen molar-refractivity contribution in [2.75, 3.05) is 0 Å². The highest BCUT2D eigenvalue weighted by molar-refractivity contribution is 6.32. The lowest BCUT2D eigenvalue weighted by molar-refractivity contribution is -0.184. The first-order valence-electron chi connectivity index (χ1n) is 4.10. The summed E-state index contributed by atoms with van der Waals surface area (Å²) in [5, 5.41) is 0. The van der Waals surface area contributed by atoms with Crippen molar-refractivity contribution in [3.63, 3.8) is 0 Å². The zero-order valence-electron chi connectivity index (χ0n) is 7.85. The van der Waals surface area contributed by atoms with E-state index in [-0.39, 0.29) is 0 Å². The van der Waals surface area contributed by atoms with Crippen LogP contribution in [-0.4, -0.2) is 45.1 Å². The van der Waals surface area contributed by atoms with Crippen LogP contribution in [0.2, 0.25) is 19.6 Å². The van der Waals surface area contributed by atoms with Crippen molar-refractivity contribution in [1.82, 2.24) is 0 Å². The van der Waals surface area contributed by atoms with Gasteiger partial charge < -0.3 is 13.3 Å². The largest absolute Gasteiger partial charge is 0.383 e. The van der Waals surface area contributed by atoms with Crippen LogP contribution in [-0.2, 0) is 13.3 Å². The van der Waals surface area contributed by atoms with Crippen LogP contribution in [0.3, 0.4) is 0 Å². The Labute approximate surface area is 78.4 Å². The molecule has 0 aliphatic rings. The first kappa shape index (κ1) is 11.7. The first-order chi connectivity index (χ1) is 5.18. The maximum atomic E-state index is 5.54. The normalized spacial score (nSPS) is 19.9. The summed E-state index contributed by atoms with van der Waals surface area (Å²) in [4.78, 5) is 0. The van der Waals surface area contributed by atoms with Gasteiger partial charge in [0.25, 0.3) is 0 Å². The molecule has 0 fully saturated rings. The van der Waals surface area contributed by atoms with E-state index in [0.29, 0.717) is 0 Å². The summed E-state index contributed by atoms with van der Waals surface area (Å²) in [7, 11) is -0.370. The fraction of sp³-hybridized carbons (Fsp3) is 1.00. The van der Waals surface area contributed by atoms with Crippen LogP contribution in [0.25, 0.3) is 0 Å². The Morgan fingerprint density at radius 2 is 1.18 bits per heavy atom. The Balaban J connectivity index is 3.79. The highest BCUT2D eigenvalue weighted by Crippen LogP contribution is 2.07. The predicted octanol–water partition coefficient (Wildman–Crippen LogP) is -2.59. The average molecular weight is 227 g/mol. The van der Waals surface area contributed by atoms with Crippen LogP contribution in [0.5, 0.6) is 0 Å². The van der Waals surface area contributed by atoms with Crippen molar-refractivity contribution in [2.45, 2.75) is 25.2 Å². The first-order valence-corrected chi connectivity index (χ1v) is 11.1. The van der Waals surface area contributed by atoms with Crippen molar-refractivity contribution < 1.29 is 13.3 Å². The molecular weight excluding hydrogens is 208 g/mol. The molecule has 0 N–H and O–H groups in total. The van der Waals surface area contributed by atoms with Gasteiger partial charge in [0, 0.05) is 0 Å². The Hall–Kier alpha value is 0.748. The maximum absolute atomic E-state index is 5.54. The smallest absolute Gasteiger partial charge is 0.216 e. The van der Waals surface area contributed by atoms with Gasteiger partial charge in [-0.15, -0.1) is 0 Å². The zero-order chi connectivity index (χ0) is 8.74. The molecule has 0 atom stereocenters. The van der Waals surface area contributed by atoms with Crippen molar-refractivity contribution in [3.8, 4) is 0 Å². The van der Waals surface area contributed by atoms with Crippen molar-refractivity contribution in [1.29, 1.82) is 0 Å². The summed E-state index contributed by atoms with van der Waals surface area (Å²) in [5.41, 5.74) is -0.525. The molecule has 0 rings (SSSR count). The third-order valence-electron chi connectivity index (χ3n) is 1.22. The van der Waals surface area contributed by atoms with Gasteiger partial charge in [-0.25, -0.2) is 0 Å². The fourth-order valence-corrected chi connectivity index (χ4v) is 6.08. The average Bonchev–Trinajstić information content (AvgIpc) is 1.88. The SMILES string of the molecule is C[SiH2]OC([SiH3])(O[SiH2]C)O[SiH2]C. The van der Waals surface area contributed by atoms with Gasteiger partial charge in [0.1, 0.15) is 10.2 Å². The second-order valence-corrected chi connectivity index (χ2v) is 5.98. The van der Waals surface area contributed by atoms with Gasteiger partial charge in [0.2, 0.25) is 5.60 Å². The van der Waals surface area contributed by atoms with Crippen molar-refractivity contribution >= 4 is 39.5 Å². The molecule has 0 bridgehead atoms. The highest BCUT2D eigenvalue weighted by atomic mass is 28.2. The van der Waals surface area contributed by atoms with Crippen LogP contribution < -0.4 is 0 Å². The summed E-state index contributed by atoms with van der Waals surface area (Å²) < 4.78 is 16.6. The van der Waals surface area contributed by atoms with E-state index in [1.807, 2.05) is 0 Å². The van der Waals surface area contributed by atoms with Gasteiger partial charge >= 0.3 is 0 Å². The third kappa shape index (κ3) is 5.06. The minimum atomic E-state index is -0.525. The highest BCUT2D eigenvalue weighted by Gasteiger charge is 2.22. The van der Waals surface area contributed by atoms with Gasteiger partial charge in [-0.2, -0.15) is 0 Å². The summed E-state index contributed by atoms with van der Waals surface area (Å²) in [6.07, 6.45) is 0. The third-order valence-corrected chi connectivity index (χ3v) is 6.26. The molecule has 0 aliphatic carbocycles. The Bertz CT molecular complexity index is 84.3. The lowest BCUT2D eigenvalue weighted by atomic mass is 11.3. The molecule has 0 aromatic heterocycles. The molecular formula is C4H18O3Si4. The molecule has 0 radical (unpaired) electrons. The number of hydrogen-bond acceptors (Lipinski definition) is 3. The summed E-state index contributed by atoms with van der Waals surface area (Å²) >= 11 is 0. The second kappa shape index (κ2) is 6.28. The lowest BCUT2D eigenvalue weighted by Gasteiger charge is -2.30. The van der Waals surface area contributed by atoms with Gasteiger partial charge in [0.05, 0.1) is 0 Å². The van der Waals surface area contributed by atoms with Crippen LogP contribution in [0, 0.1) is 0 Å². The van der Waals surface area contributed by atoms with Gasteiger partial charge in [-0.1, -0.05) is 19.6 Å². The Morgan fingerprint density at radius 3 is 1.36 bits per heavy atom. The maximum Gasteiger partial charge on any atom is 0.216 e. The molecule has 68 valence electrons. The Morgan fingerprint density at radius 1 is 0.909 bits per heavy atom. The lowest BCUT2D eigenvalue weighted by Crippen LogP contribution is -2.42. The molecule has 0 saturated carbocycles. The van der Waals surface area contributed by atoms with Crippen molar-refractivity contribution in [2.24, 2.45) is 0 Å². The van der Waals surface area contributed by atoms with Crippen LogP contribution >= 0.6 is 0 Å². The standard InChI is InChI=1S/C4H18O3Si4/c1-9-5-4(8,6-10-2)7-11-3/h9-11H2,1-3,8H3. The summed E-state index contributed by atoms with van der Waals surface area (Å²) in [6.45, 7) is 6.31. The molecule has 0 amide bonds. The topological polar surface area (TPSA) is 27.7 Å². The molecule has 0 spiro atoms. The molecule has 0 aliphatic heterocycles. The number of hydrogen-bond donors (Lipinski definition) is 0. The van der Waals surface area contributed by atoms with E-state index >= 15 is 0 Å². The molecule has 0 saturated heterocycles. The Kier molecular flexibility index (Phi) is 6.71. The van der Waals surface area contributed by atoms with E-state index < -0.39 is 34.9 Å². The molecule has 0 aromatic rings. The summed E-state index contributed by atoms with van der Waals surface area (Å²) in [6, 6.07) is 0. The van der Waals surface area contributed by atoms with E-state index in [1.165, 1.54) is 0 Å². The van der Waals surface area contributed by atoms with Crippen LogP contribution in [0.15, 0.2) is 0 Å². The minimum Gasteiger partial charge on any atom is -0.383 e. The van der Waals surface area contributed by atoms with Gasteiger partial charge in [0.15, 0.2) is 29.3 Å². The van der Waals surface area contributed by atoms with E-state index in [4.69, 9.17) is 13.3 Å². The fourth-order valence-electron chi connectivity index (χ4n) is 0.912. The van der Waals surface area contributed by atoms with Crippen LogP contribution in [0.1, 0.15) is 0 Å². The minimum absolute atomic E-state index is 0.402. The monoisotopic (exact) mass is 226 g/mol. The van der Waals surface area contributed by atoms with Crippen LogP contribution in [0.4, 0.5) is 0 Å². The van der Waals surface area contributed by atoms with Gasteiger partial charge in [-0.05, 0) is 0 Å². The molecule has 0 aromatic carbocycles. The molecule has 7 heteroatoms. The van der Waals surface area contributed by atoms with E-state index in [1.54, 1.807) is 0 Å². The van der Waals surface area contributed by atoms with E-state index in [0.717, 1.165) is 10.2 Å². The van der Waals surface area contributed by atoms with Gasteiger partial charge in [-0.3, -0.25) is 0 Å². The molecule has 11 heavy (non-hydrogen) atoms. The summed E-state index contributed by atoms with van der Waals surface area (Å²) in [5.74, 6) is 0. The van der Waals surface area contributed by atoms with E-state index in [2.05, 4.69) is 19.6 Å². The van der Waals surface area contributed by atoms with Crippen molar-refractivity contribution in [3.05, 3.63) is 0 Å². The molecule has 0 unspecified atom stereocenters. The number of rotatable bonds is 6. The second-order valence-electron chi connectivity index (χ2n) is 2.16. The molecule has 0 heterocycles. The molecule has 3 nitrogen and oxygen atoms in total. The van der Waals surface area contributed by atoms with E-state index in [9.17, 15) is 0 Å². The quantitative estimate of drug-likeness (QED) is 0.368. The predicted molar refractivity (Wildman–Crippen MR) is 59.1 cm³/mol.